The van der Waals surface area contributed by atoms with Gasteiger partial charge < -0.3 is 10.1 Å². The SMILES string of the molecule is CCOC1CC(Nc2ccc(Br)cc2CC)C12CCCC2. The molecule has 2 atom stereocenters. The van der Waals surface area contributed by atoms with Crippen molar-refractivity contribution < 1.29 is 4.74 Å². The summed E-state index contributed by atoms with van der Waals surface area (Å²) in [5.41, 5.74) is 3.11. The van der Waals surface area contributed by atoms with Crippen molar-refractivity contribution in [2.75, 3.05) is 11.9 Å². The van der Waals surface area contributed by atoms with Crippen molar-refractivity contribution in [1.82, 2.24) is 0 Å². The van der Waals surface area contributed by atoms with Gasteiger partial charge in [0.25, 0.3) is 0 Å². The first-order chi connectivity index (χ1) is 10.2. The molecule has 2 fully saturated rings. The average molecular weight is 352 g/mol. The van der Waals surface area contributed by atoms with Gasteiger partial charge in [0.1, 0.15) is 0 Å². The van der Waals surface area contributed by atoms with Gasteiger partial charge in [0, 0.05) is 28.2 Å². The normalized spacial score (nSPS) is 26.8. The molecule has 2 unspecified atom stereocenters. The third kappa shape index (κ3) is 2.75. The van der Waals surface area contributed by atoms with Gasteiger partial charge in [0.15, 0.2) is 0 Å². The van der Waals surface area contributed by atoms with E-state index in [2.05, 4.69) is 53.3 Å². The summed E-state index contributed by atoms with van der Waals surface area (Å²) >= 11 is 3.58. The summed E-state index contributed by atoms with van der Waals surface area (Å²) in [5.74, 6) is 0. The molecule has 2 nitrogen and oxygen atoms in total. The monoisotopic (exact) mass is 351 g/mol. The van der Waals surface area contributed by atoms with E-state index in [1.807, 2.05) is 0 Å². The van der Waals surface area contributed by atoms with Gasteiger partial charge in [-0.05, 0) is 56.4 Å². The van der Waals surface area contributed by atoms with Gasteiger partial charge in [-0.1, -0.05) is 35.7 Å². The molecule has 2 aliphatic rings. The van der Waals surface area contributed by atoms with Crippen LogP contribution in [0.25, 0.3) is 0 Å². The van der Waals surface area contributed by atoms with Crippen molar-refractivity contribution in [1.29, 1.82) is 0 Å². The van der Waals surface area contributed by atoms with Crippen molar-refractivity contribution in [3.63, 3.8) is 0 Å². The minimum Gasteiger partial charge on any atom is -0.381 e. The zero-order valence-corrected chi connectivity index (χ0v) is 14.7. The van der Waals surface area contributed by atoms with Crippen LogP contribution in [-0.4, -0.2) is 18.8 Å². The topological polar surface area (TPSA) is 21.3 Å². The lowest BCUT2D eigenvalue weighted by Crippen LogP contribution is -2.60. The largest absolute Gasteiger partial charge is 0.381 e. The number of hydrogen-bond acceptors (Lipinski definition) is 2. The third-order valence-corrected chi connectivity index (χ3v) is 5.96. The fourth-order valence-electron chi connectivity index (χ4n) is 4.27. The quantitative estimate of drug-likeness (QED) is 0.790. The van der Waals surface area contributed by atoms with Crippen LogP contribution in [-0.2, 0) is 11.2 Å². The molecule has 1 spiro atoms. The predicted molar refractivity (Wildman–Crippen MR) is 91.9 cm³/mol. The van der Waals surface area contributed by atoms with Crippen LogP contribution in [0.4, 0.5) is 5.69 Å². The number of ether oxygens (including phenoxy) is 1. The Bertz CT molecular complexity index is 496. The van der Waals surface area contributed by atoms with Crippen LogP contribution in [0.15, 0.2) is 22.7 Å². The van der Waals surface area contributed by atoms with Gasteiger partial charge in [0.2, 0.25) is 0 Å². The van der Waals surface area contributed by atoms with E-state index in [0.717, 1.165) is 19.4 Å². The van der Waals surface area contributed by atoms with E-state index in [1.165, 1.54) is 41.4 Å². The van der Waals surface area contributed by atoms with Gasteiger partial charge in [0.05, 0.1) is 6.10 Å². The van der Waals surface area contributed by atoms with Gasteiger partial charge in [-0.2, -0.15) is 0 Å². The Morgan fingerprint density at radius 1 is 1.29 bits per heavy atom. The molecule has 0 saturated heterocycles. The first-order valence-corrected chi connectivity index (χ1v) is 9.15. The Morgan fingerprint density at radius 3 is 2.71 bits per heavy atom. The molecule has 2 saturated carbocycles. The molecular weight excluding hydrogens is 326 g/mol. The summed E-state index contributed by atoms with van der Waals surface area (Å²) in [5, 5.41) is 3.85. The first kappa shape index (κ1) is 15.4. The minimum absolute atomic E-state index is 0.397. The van der Waals surface area contributed by atoms with E-state index >= 15 is 0 Å². The van der Waals surface area contributed by atoms with E-state index < -0.39 is 0 Å². The Hall–Kier alpha value is -0.540. The maximum atomic E-state index is 6.01. The smallest absolute Gasteiger partial charge is 0.0670 e. The highest BCUT2D eigenvalue weighted by Crippen LogP contribution is 2.55. The molecule has 0 radical (unpaired) electrons. The zero-order valence-electron chi connectivity index (χ0n) is 13.1. The van der Waals surface area contributed by atoms with Gasteiger partial charge in [-0.3, -0.25) is 0 Å². The lowest BCUT2D eigenvalue weighted by molar-refractivity contribution is -0.114. The first-order valence-electron chi connectivity index (χ1n) is 8.36. The van der Waals surface area contributed by atoms with Crippen LogP contribution in [0.1, 0.15) is 51.5 Å². The molecule has 21 heavy (non-hydrogen) atoms. The molecular formula is C18H26BrNO. The Balaban J connectivity index is 1.76. The Labute approximate surface area is 136 Å². The predicted octanol–water partition coefficient (Wildman–Crippen LogP) is 5.16. The number of benzene rings is 1. The zero-order chi connectivity index (χ0) is 14.9. The molecule has 0 aromatic heterocycles. The van der Waals surface area contributed by atoms with Crippen LogP contribution < -0.4 is 5.32 Å². The molecule has 1 aromatic carbocycles. The molecule has 0 amide bonds. The second kappa shape index (κ2) is 6.29. The standard InChI is InChI=1S/C18H26BrNO/c1-3-13-11-14(19)7-8-15(13)20-16-12-17(21-4-2)18(16)9-5-6-10-18/h7-8,11,16-17,20H,3-6,9-10,12H2,1-2H3. The van der Waals surface area contributed by atoms with Gasteiger partial charge in [-0.25, -0.2) is 0 Å². The van der Waals surface area contributed by atoms with E-state index in [9.17, 15) is 0 Å². The molecule has 2 aliphatic carbocycles. The van der Waals surface area contributed by atoms with Crippen LogP contribution in [0, 0.1) is 5.41 Å². The van der Waals surface area contributed by atoms with Gasteiger partial charge in [-0.15, -0.1) is 0 Å². The summed E-state index contributed by atoms with van der Waals surface area (Å²) in [4.78, 5) is 0. The van der Waals surface area contributed by atoms with Crippen LogP contribution in [0.3, 0.4) is 0 Å². The highest BCUT2D eigenvalue weighted by atomic mass is 79.9. The molecule has 1 aromatic rings. The third-order valence-electron chi connectivity index (χ3n) is 5.47. The van der Waals surface area contributed by atoms with E-state index in [0.29, 0.717) is 17.6 Å². The van der Waals surface area contributed by atoms with Crippen molar-refractivity contribution in [3.05, 3.63) is 28.2 Å². The highest BCUT2D eigenvalue weighted by Gasteiger charge is 2.56. The number of nitrogens with one attached hydrogen (secondary N) is 1. The minimum atomic E-state index is 0.397. The van der Waals surface area contributed by atoms with E-state index in [4.69, 9.17) is 4.74 Å². The maximum absolute atomic E-state index is 6.01. The number of halogens is 1. The average Bonchev–Trinajstić information content (AvgIpc) is 3.00. The molecule has 0 bridgehead atoms. The summed E-state index contributed by atoms with van der Waals surface area (Å²) in [6.45, 7) is 5.19. The van der Waals surface area contributed by atoms with Crippen LogP contribution in [0.5, 0.6) is 0 Å². The Kier molecular flexibility index (Phi) is 4.60. The van der Waals surface area contributed by atoms with Crippen molar-refractivity contribution in [3.8, 4) is 0 Å². The van der Waals surface area contributed by atoms with E-state index in [1.54, 1.807) is 0 Å². The molecule has 1 N–H and O–H groups in total. The van der Waals surface area contributed by atoms with Gasteiger partial charge >= 0.3 is 0 Å². The Morgan fingerprint density at radius 2 is 2.05 bits per heavy atom. The summed E-state index contributed by atoms with van der Waals surface area (Å²) in [7, 11) is 0. The molecule has 3 heteroatoms. The number of hydrogen-bond donors (Lipinski definition) is 1. The fraction of sp³-hybridized carbons (Fsp3) is 0.667. The lowest BCUT2D eigenvalue weighted by Gasteiger charge is -2.54. The number of anilines is 1. The molecule has 3 rings (SSSR count). The lowest BCUT2D eigenvalue weighted by atomic mass is 9.60. The molecule has 116 valence electrons. The molecule has 0 aliphatic heterocycles. The highest BCUT2D eigenvalue weighted by molar-refractivity contribution is 9.10. The summed E-state index contributed by atoms with van der Waals surface area (Å²) in [6, 6.07) is 7.19. The maximum Gasteiger partial charge on any atom is 0.0670 e. The second-order valence-electron chi connectivity index (χ2n) is 6.47. The van der Waals surface area contributed by atoms with Crippen molar-refractivity contribution >= 4 is 21.6 Å². The number of aryl methyl sites for hydroxylation is 1. The second-order valence-corrected chi connectivity index (χ2v) is 7.39. The van der Waals surface area contributed by atoms with Crippen molar-refractivity contribution in [2.24, 2.45) is 5.41 Å². The van der Waals surface area contributed by atoms with Crippen LogP contribution >= 0.6 is 15.9 Å². The summed E-state index contributed by atoms with van der Waals surface area (Å²) < 4.78 is 7.18. The summed E-state index contributed by atoms with van der Waals surface area (Å²) in [6.07, 6.45) is 8.08. The number of rotatable bonds is 5. The fourth-order valence-corrected chi connectivity index (χ4v) is 4.68. The van der Waals surface area contributed by atoms with Crippen molar-refractivity contribution in [2.45, 2.75) is 64.5 Å². The van der Waals surface area contributed by atoms with Crippen LogP contribution in [0.2, 0.25) is 0 Å². The molecule has 0 heterocycles. The van der Waals surface area contributed by atoms with E-state index in [-0.39, 0.29) is 0 Å².